The van der Waals surface area contributed by atoms with Crippen molar-refractivity contribution in [1.29, 1.82) is 0 Å². The molecule has 1 nitrogen and oxygen atoms in total. The second kappa shape index (κ2) is 6.10. The third-order valence-corrected chi connectivity index (χ3v) is 5.29. The van der Waals surface area contributed by atoms with E-state index in [1.165, 1.54) is 21.0 Å². The first-order chi connectivity index (χ1) is 9.04. The highest BCUT2D eigenvalue weighted by atomic mass is 32.2. The maximum atomic E-state index is 4.92. The molecule has 0 atom stereocenters. The minimum atomic E-state index is 0.490. The fraction of sp³-hybridized carbons (Fsp3) is 0.438. The van der Waals surface area contributed by atoms with E-state index in [1.807, 2.05) is 11.3 Å². The molecule has 0 aliphatic carbocycles. The topological polar surface area (TPSA) is 12.9 Å². The van der Waals surface area contributed by atoms with E-state index >= 15 is 0 Å². The zero-order chi connectivity index (χ0) is 14.0. The lowest BCUT2D eigenvalue weighted by molar-refractivity contribution is 0.781. The molecule has 1 heterocycles. The Morgan fingerprint density at radius 2 is 1.74 bits per heavy atom. The Morgan fingerprint density at radius 1 is 1.05 bits per heavy atom. The molecule has 0 aliphatic rings. The Balaban J connectivity index is 2.54. The number of rotatable bonds is 4. The molecule has 0 radical (unpaired) electrons. The number of hydrogen-bond donors (Lipinski definition) is 0. The minimum Gasteiger partial charge on any atom is -0.240 e. The van der Waals surface area contributed by atoms with E-state index in [1.54, 1.807) is 11.8 Å². The van der Waals surface area contributed by atoms with Gasteiger partial charge in [0.15, 0.2) is 0 Å². The molecule has 2 rings (SSSR count). The number of hydrogen-bond acceptors (Lipinski definition) is 3. The first-order valence-corrected chi connectivity index (χ1v) is 8.72. The highest BCUT2D eigenvalue weighted by Crippen LogP contribution is 2.38. The van der Waals surface area contributed by atoms with E-state index in [0.29, 0.717) is 11.8 Å². The van der Waals surface area contributed by atoms with Crippen molar-refractivity contribution in [2.75, 3.05) is 6.26 Å². The van der Waals surface area contributed by atoms with Crippen LogP contribution < -0.4 is 0 Å². The van der Waals surface area contributed by atoms with Crippen LogP contribution in [0.5, 0.6) is 0 Å². The Bertz CT molecular complexity index is 530. The Hall–Kier alpha value is -0.800. The van der Waals surface area contributed by atoms with Crippen LogP contribution in [0.4, 0.5) is 0 Å². The predicted molar refractivity (Wildman–Crippen MR) is 87.5 cm³/mol. The summed E-state index contributed by atoms with van der Waals surface area (Å²) in [6.45, 7) is 8.96. The van der Waals surface area contributed by atoms with Crippen molar-refractivity contribution in [3.63, 3.8) is 0 Å². The van der Waals surface area contributed by atoms with Gasteiger partial charge in [-0.1, -0.05) is 45.9 Å². The summed E-state index contributed by atoms with van der Waals surface area (Å²) in [5.74, 6) is 1.04. The molecule has 2 aromatic rings. The number of thioether (sulfide) groups is 1. The van der Waals surface area contributed by atoms with E-state index < -0.39 is 0 Å². The van der Waals surface area contributed by atoms with Crippen LogP contribution in [0.15, 0.2) is 29.2 Å². The van der Waals surface area contributed by atoms with Gasteiger partial charge in [0.2, 0.25) is 0 Å². The fourth-order valence-electron chi connectivity index (χ4n) is 2.11. The van der Waals surface area contributed by atoms with Crippen molar-refractivity contribution in [1.82, 2.24) is 4.98 Å². The van der Waals surface area contributed by atoms with Gasteiger partial charge in [0.1, 0.15) is 5.01 Å². The quantitative estimate of drug-likeness (QED) is 0.662. The third-order valence-electron chi connectivity index (χ3n) is 3.09. The molecule has 0 aliphatic heterocycles. The lowest BCUT2D eigenvalue weighted by atomic mass is 10.0. The van der Waals surface area contributed by atoms with Crippen molar-refractivity contribution >= 4 is 23.1 Å². The molecule has 1 aromatic carbocycles. The number of nitrogens with zero attached hydrogens (tertiary/aromatic N) is 1. The van der Waals surface area contributed by atoms with Gasteiger partial charge in [0.25, 0.3) is 0 Å². The Labute approximate surface area is 124 Å². The Kier molecular flexibility index (Phi) is 4.69. The first-order valence-electron chi connectivity index (χ1n) is 6.68. The van der Waals surface area contributed by atoms with Gasteiger partial charge < -0.3 is 0 Å². The van der Waals surface area contributed by atoms with E-state index in [-0.39, 0.29) is 0 Å². The zero-order valence-electron chi connectivity index (χ0n) is 12.2. The standard InChI is InChI=1S/C16H21NS2/c1-10(2)14-15(11(3)4)19-16(17-14)12-8-6-7-9-13(12)18-5/h6-11H,1-5H3. The second-order valence-electron chi connectivity index (χ2n) is 5.28. The summed E-state index contributed by atoms with van der Waals surface area (Å²) in [6, 6.07) is 8.54. The molecule has 0 amide bonds. The first kappa shape index (κ1) is 14.6. The maximum absolute atomic E-state index is 4.92. The molecule has 0 bridgehead atoms. The molecule has 0 saturated carbocycles. The summed E-state index contributed by atoms with van der Waals surface area (Å²) in [6.07, 6.45) is 2.12. The summed E-state index contributed by atoms with van der Waals surface area (Å²) >= 11 is 3.64. The molecule has 0 spiro atoms. The monoisotopic (exact) mass is 291 g/mol. The molecule has 0 N–H and O–H groups in total. The SMILES string of the molecule is CSc1ccccc1-c1nc(C(C)C)c(C(C)C)s1. The van der Waals surface area contributed by atoms with E-state index in [9.17, 15) is 0 Å². The molecular formula is C16H21NS2. The largest absolute Gasteiger partial charge is 0.240 e. The van der Waals surface area contributed by atoms with Crippen LogP contribution in [0, 0.1) is 0 Å². The van der Waals surface area contributed by atoms with Gasteiger partial charge in [-0.3, -0.25) is 0 Å². The number of benzene rings is 1. The predicted octanol–water partition coefficient (Wildman–Crippen LogP) is 5.78. The number of aromatic nitrogens is 1. The van der Waals surface area contributed by atoms with Gasteiger partial charge in [0.05, 0.1) is 5.69 Å². The molecule has 102 valence electrons. The normalized spacial score (nSPS) is 11.5. The van der Waals surface area contributed by atoms with Crippen LogP contribution in [-0.4, -0.2) is 11.2 Å². The highest BCUT2D eigenvalue weighted by molar-refractivity contribution is 7.98. The fourth-order valence-corrected chi connectivity index (χ4v) is 4.03. The second-order valence-corrected chi connectivity index (χ2v) is 7.16. The average Bonchev–Trinajstić information content (AvgIpc) is 2.84. The molecule has 3 heteroatoms. The van der Waals surface area contributed by atoms with Crippen molar-refractivity contribution in [2.24, 2.45) is 0 Å². The molecular weight excluding hydrogens is 270 g/mol. The van der Waals surface area contributed by atoms with E-state index in [2.05, 4.69) is 58.2 Å². The smallest absolute Gasteiger partial charge is 0.125 e. The highest BCUT2D eigenvalue weighted by Gasteiger charge is 2.18. The van der Waals surface area contributed by atoms with Crippen LogP contribution >= 0.6 is 23.1 Å². The lowest BCUT2D eigenvalue weighted by Crippen LogP contribution is -1.95. The van der Waals surface area contributed by atoms with Gasteiger partial charge in [0, 0.05) is 15.3 Å². The number of thiazole rings is 1. The van der Waals surface area contributed by atoms with Crippen LogP contribution in [0.25, 0.3) is 10.6 Å². The molecule has 1 aromatic heterocycles. The molecule has 0 unspecified atom stereocenters. The van der Waals surface area contributed by atoms with Gasteiger partial charge in [-0.15, -0.1) is 23.1 Å². The summed E-state index contributed by atoms with van der Waals surface area (Å²) in [7, 11) is 0. The van der Waals surface area contributed by atoms with Crippen LogP contribution in [0.3, 0.4) is 0 Å². The molecule has 19 heavy (non-hydrogen) atoms. The third kappa shape index (κ3) is 3.03. The average molecular weight is 291 g/mol. The van der Waals surface area contributed by atoms with Crippen molar-refractivity contribution in [2.45, 2.75) is 44.4 Å². The van der Waals surface area contributed by atoms with Gasteiger partial charge >= 0.3 is 0 Å². The summed E-state index contributed by atoms with van der Waals surface area (Å²) in [5.41, 5.74) is 2.54. The summed E-state index contributed by atoms with van der Waals surface area (Å²) in [5, 5.41) is 1.16. The van der Waals surface area contributed by atoms with Crippen LogP contribution in [-0.2, 0) is 0 Å². The Morgan fingerprint density at radius 3 is 2.26 bits per heavy atom. The van der Waals surface area contributed by atoms with Crippen molar-refractivity contribution < 1.29 is 0 Å². The van der Waals surface area contributed by atoms with Crippen LogP contribution in [0.1, 0.15) is 50.1 Å². The van der Waals surface area contributed by atoms with E-state index in [0.717, 1.165) is 5.01 Å². The van der Waals surface area contributed by atoms with E-state index in [4.69, 9.17) is 4.98 Å². The zero-order valence-corrected chi connectivity index (χ0v) is 13.9. The summed E-state index contributed by atoms with van der Waals surface area (Å²) in [4.78, 5) is 7.65. The lowest BCUT2D eigenvalue weighted by Gasteiger charge is -2.07. The maximum Gasteiger partial charge on any atom is 0.125 e. The van der Waals surface area contributed by atoms with Gasteiger partial charge in [-0.2, -0.15) is 0 Å². The molecule has 0 fully saturated rings. The van der Waals surface area contributed by atoms with Crippen molar-refractivity contribution in [3.8, 4) is 10.6 Å². The van der Waals surface area contributed by atoms with Crippen LogP contribution in [0.2, 0.25) is 0 Å². The minimum absolute atomic E-state index is 0.490. The van der Waals surface area contributed by atoms with Gasteiger partial charge in [-0.05, 0) is 24.2 Å². The van der Waals surface area contributed by atoms with Crippen molar-refractivity contribution in [3.05, 3.63) is 34.8 Å². The summed E-state index contributed by atoms with van der Waals surface area (Å²) < 4.78 is 0. The molecule has 0 saturated heterocycles. The van der Waals surface area contributed by atoms with Gasteiger partial charge in [-0.25, -0.2) is 4.98 Å².